The van der Waals surface area contributed by atoms with Gasteiger partial charge < -0.3 is 9.80 Å². The summed E-state index contributed by atoms with van der Waals surface area (Å²) in [6.07, 6.45) is 2.16. The number of amides is 2. The van der Waals surface area contributed by atoms with Crippen molar-refractivity contribution in [2.75, 3.05) is 29.3 Å². The standard InChI is InChI=1S/C14H14N4O4S2/c19-10-17-6-7-18(13(20)9-17)11-1-3-12(4-2-11)24(21,22)16-14-15-5-8-23-14/h1-5,8,10H,6-7,9H2,(H,15,16). The molecule has 1 saturated heterocycles. The van der Waals surface area contributed by atoms with Crippen LogP contribution in [0.5, 0.6) is 0 Å². The van der Waals surface area contributed by atoms with E-state index in [1.54, 1.807) is 17.5 Å². The Morgan fingerprint density at radius 2 is 1.96 bits per heavy atom. The van der Waals surface area contributed by atoms with E-state index in [4.69, 9.17) is 0 Å². The number of nitrogens with one attached hydrogen (secondary N) is 1. The lowest BCUT2D eigenvalue weighted by molar-refractivity contribution is -0.128. The average Bonchev–Trinajstić information content (AvgIpc) is 3.07. The van der Waals surface area contributed by atoms with Crippen molar-refractivity contribution in [3.05, 3.63) is 35.8 Å². The van der Waals surface area contributed by atoms with Gasteiger partial charge in [0.1, 0.15) is 0 Å². The van der Waals surface area contributed by atoms with E-state index in [1.165, 1.54) is 39.5 Å². The van der Waals surface area contributed by atoms with Gasteiger partial charge in [-0.2, -0.15) is 0 Å². The first-order chi connectivity index (χ1) is 11.5. The van der Waals surface area contributed by atoms with Crippen LogP contribution in [0.4, 0.5) is 10.8 Å². The summed E-state index contributed by atoms with van der Waals surface area (Å²) in [4.78, 5) is 29.7. The molecule has 8 nitrogen and oxygen atoms in total. The molecule has 1 aliphatic heterocycles. The highest BCUT2D eigenvalue weighted by molar-refractivity contribution is 7.93. The smallest absolute Gasteiger partial charge is 0.263 e. The van der Waals surface area contributed by atoms with E-state index in [0.29, 0.717) is 30.3 Å². The van der Waals surface area contributed by atoms with E-state index in [1.807, 2.05) is 0 Å². The van der Waals surface area contributed by atoms with Crippen molar-refractivity contribution in [2.24, 2.45) is 0 Å². The van der Waals surface area contributed by atoms with E-state index in [0.717, 1.165) is 0 Å². The summed E-state index contributed by atoms with van der Waals surface area (Å²) in [6.45, 7) is 0.844. The topological polar surface area (TPSA) is 99.7 Å². The largest absolute Gasteiger partial charge is 0.334 e. The predicted octanol–water partition coefficient (Wildman–Crippen LogP) is 0.749. The molecule has 2 amide bonds. The maximum absolute atomic E-state index is 12.3. The second-order valence-electron chi connectivity index (χ2n) is 5.06. The molecule has 3 rings (SSSR count). The quantitative estimate of drug-likeness (QED) is 0.787. The number of nitrogens with zero attached hydrogens (tertiary/aromatic N) is 3. The highest BCUT2D eigenvalue weighted by Crippen LogP contribution is 2.22. The van der Waals surface area contributed by atoms with Gasteiger partial charge in [0.15, 0.2) is 5.13 Å². The summed E-state index contributed by atoms with van der Waals surface area (Å²) >= 11 is 1.19. The average molecular weight is 366 g/mol. The van der Waals surface area contributed by atoms with Crippen molar-refractivity contribution >= 4 is 44.5 Å². The van der Waals surface area contributed by atoms with Crippen LogP contribution in [0, 0.1) is 0 Å². The lowest BCUT2D eigenvalue weighted by Crippen LogP contribution is -2.49. The van der Waals surface area contributed by atoms with E-state index < -0.39 is 10.0 Å². The molecule has 0 spiro atoms. The van der Waals surface area contributed by atoms with E-state index in [-0.39, 0.29) is 17.3 Å². The van der Waals surface area contributed by atoms with Gasteiger partial charge in [-0.3, -0.25) is 14.3 Å². The first-order valence-corrected chi connectivity index (χ1v) is 9.38. The van der Waals surface area contributed by atoms with Gasteiger partial charge in [-0.05, 0) is 24.3 Å². The summed E-state index contributed by atoms with van der Waals surface area (Å²) in [6, 6.07) is 6.02. The number of carbonyl (C=O) groups is 2. The van der Waals surface area contributed by atoms with Gasteiger partial charge in [-0.15, -0.1) is 11.3 Å². The maximum atomic E-state index is 12.3. The van der Waals surface area contributed by atoms with E-state index in [2.05, 4.69) is 9.71 Å². The third kappa shape index (κ3) is 3.39. The Morgan fingerprint density at radius 3 is 2.54 bits per heavy atom. The molecule has 0 saturated carbocycles. The molecule has 0 atom stereocenters. The molecule has 2 heterocycles. The fraction of sp³-hybridized carbons (Fsp3) is 0.214. The van der Waals surface area contributed by atoms with Gasteiger partial charge in [0.25, 0.3) is 10.0 Å². The van der Waals surface area contributed by atoms with Crippen molar-refractivity contribution in [3.8, 4) is 0 Å². The van der Waals surface area contributed by atoms with Crippen LogP contribution in [-0.4, -0.2) is 50.3 Å². The summed E-state index contributed by atoms with van der Waals surface area (Å²) < 4.78 is 26.9. The molecule has 1 aromatic carbocycles. The highest BCUT2D eigenvalue weighted by atomic mass is 32.2. The number of sulfonamides is 1. The van der Waals surface area contributed by atoms with Crippen molar-refractivity contribution in [1.29, 1.82) is 0 Å². The molecule has 126 valence electrons. The van der Waals surface area contributed by atoms with Crippen molar-refractivity contribution in [1.82, 2.24) is 9.88 Å². The number of thiazole rings is 1. The molecule has 24 heavy (non-hydrogen) atoms. The molecule has 1 aliphatic rings. The van der Waals surface area contributed by atoms with E-state index in [9.17, 15) is 18.0 Å². The van der Waals surface area contributed by atoms with Crippen molar-refractivity contribution in [3.63, 3.8) is 0 Å². The molecule has 0 unspecified atom stereocenters. The Kier molecular flexibility index (Phi) is 4.49. The number of aromatic nitrogens is 1. The Balaban J connectivity index is 1.76. The number of carbonyl (C=O) groups excluding carboxylic acids is 2. The monoisotopic (exact) mass is 366 g/mol. The Bertz CT molecular complexity index is 834. The molecular weight excluding hydrogens is 352 g/mol. The van der Waals surface area contributed by atoms with Gasteiger partial charge in [-0.25, -0.2) is 13.4 Å². The number of hydrogen-bond donors (Lipinski definition) is 1. The molecule has 0 bridgehead atoms. The minimum atomic E-state index is -3.72. The fourth-order valence-corrected chi connectivity index (χ4v) is 4.10. The summed E-state index contributed by atoms with van der Waals surface area (Å²) in [5, 5.41) is 1.96. The number of piperazine rings is 1. The molecule has 2 aromatic rings. The number of benzene rings is 1. The zero-order valence-electron chi connectivity index (χ0n) is 12.5. The second kappa shape index (κ2) is 6.57. The Hall–Kier alpha value is -2.46. The second-order valence-corrected chi connectivity index (χ2v) is 7.63. The molecule has 1 fully saturated rings. The molecule has 1 aromatic heterocycles. The van der Waals surface area contributed by atoms with Crippen LogP contribution in [0.15, 0.2) is 40.7 Å². The minimum absolute atomic E-state index is 0.0230. The van der Waals surface area contributed by atoms with Crippen molar-refractivity contribution < 1.29 is 18.0 Å². The number of anilines is 2. The van der Waals surface area contributed by atoms with Crippen LogP contribution in [0.1, 0.15) is 0 Å². The van der Waals surface area contributed by atoms with Gasteiger partial charge >= 0.3 is 0 Å². The highest BCUT2D eigenvalue weighted by Gasteiger charge is 2.24. The van der Waals surface area contributed by atoms with Crippen LogP contribution in [-0.2, 0) is 19.6 Å². The van der Waals surface area contributed by atoms with Gasteiger partial charge in [0.2, 0.25) is 12.3 Å². The third-order valence-corrected chi connectivity index (χ3v) is 5.68. The van der Waals surface area contributed by atoms with Gasteiger partial charge in [0, 0.05) is 30.4 Å². The maximum Gasteiger partial charge on any atom is 0.263 e. The molecule has 1 N–H and O–H groups in total. The SMILES string of the molecule is O=CN1CCN(c2ccc(S(=O)(=O)Nc3nccs3)cc2)C(=O)C1. The lowest BCUT2D eigenvalue weighted by atomic mass is 10.2. The zero-order valence-corrected chi connectivity index (χ0v) is 14.1. The first kappa shape index (κ1) is 16.4. The lowest BCUT2D eigenvalue weighted by Gasteiger charge is -2.32. The summed E-state index contributed by atoms with van der Waals surface area (Å²) in [7, 11) is -3.72. The fourth-order valence-electron chi connectivity index (χ4n) is 2.31. The van der Waals surface area contributed by atoms with Crippen molar-refractivity contribution in [2.45, 2.75) is 4.90 Å². The van der Waals surface area contributed by atoms with Gasteiger partial charge in [0.05, 0.1) is 11.4 Å². The molecular formula is C14H14N4O4S2. The third-order valence-electron chi connectivity index (χ3n) is 3.51. The van der Waals surface area contributed by atoms with Crippen LogP contribution in [0.3, 0.4) is 0 Å². The number of rotatable bonds is 5. The normalized spacial score (nSPS) is 15.4. The Labute approximate surface area is 142 Å². The van der Waals surface area contributed by atoms with E-state index >= 15 is 0 Å². The minimum Gasteiger partial charge on any atom is -0.334 e. The molecule has 0 radical (unpaired) electrons. The van der Waals surface area contributed by atoms with Gasteiger partial charge in [-0.1, -0.05) is 0 Å². The number of hydrogen-bond acceptors (Lipinski definition) is 6. The first-order valence-electron chi connectivity index (χ1n) is 7.02. The van der Waals surface area contributed by atoms with Crippen LogP contribution in [0.2, 0.25) is 0 Å². The van der Waals surface area contributed by atoms with Crippen LogP contribution in [0.25, 0.3) is 0 Å². The van der Waals surface area contributed by atoms with Crippen LogP contribution >= 0.6 is 11.3 Å². The Morgan fingerprint density at radius 1 is 1.21 bits per heavy atom. The summed E-state index contributed by atoms with van der Waals surface area (Å²) in [5.74, 6) is -0.204. The molecule has 10 heteroatoms. The molecule has 0 aliphatic carbocycles. The predicted molar refractivity (Wildman–Crippen MR) is 89.4 cm³/mol. The summed E-state index contributed by atoms with van der Waals surface area (Å²) in [5.41, 5.74) is 0.596. The zero-order chi connectivity index (χ0) is 17.2. The van der Waals surface area contributed by atoms with Crippen LogP contribution < -0.4 is 9.62 Å².